The Labute approximate surface area is 120 Å². The van der Waals surface area contributed by atoms with Crippen LogP contribution in [-0.2, 0) is 0 Å². The van der Waals surface area contributed by atoms with E-state index in [1.54, 1.807) is 0 Å². The van der Waals surface area contributed by atoms with Gasteiger partial charge in [0.05, 0.1) is 11.7 Å². The van der Waals surface area contributed by atoms with Gasteiger partial charge in [-0.2, -0.15) is 8.78 Å². The highest BCUT2D eigenvalue weighted by molar-refractivity contribution is 6.31. The fourth-order valence-corrected chi connectivity index (χ4v) is 1.79. The number of carbonyl (C=O) groups is 1. The zero-order chi connectivity index (χ0) is 15.1. The summed E-state index contributed by atoms with van der Waals surface area (Å²) in [5, 5.41) is 12.2. The molecule has 7 heteroatoms. The maximum Gasteiger partial charge on any atom is 0.387 e. The molecule has 1 unspecified atom stereocenters. The van der Waals surface area contributed by atoms with Crippen LogP contribution in [-0.4, -0.2) is 30.3 Å². The van der Waals surface area contributed by atoms with Gasteiger partial charge in [0.15, 0.2) is 0 Å². The summed E-state index contributed by atoms with van der Waals surface area (Å²) in [7, 11) is 0. The van der Waals surface area contributed by atoms with Crippen LogP contribution in [0.4, 0.5) is 8.78 Å². The normalized spacial score (nSPS) is 12.3. The van der Waals surface area contributed by atoms with Gasteiger partial charge >= 0.3 is 6.61 Å². The third-order valence-corrected chi connectivity index (χ3v) is 2.76. The molecule has 0 bridgehead atoms. The topological polar surface area (TPSA) is 58.6 Å². The lowest BCUT2D eigenvalue weighted by atomic mass is 10.1. The molecule has 0 saturated heterocycles. The minimum atomic E-state index is -3.03. The molecular weight excluding hydrogens is 292 g/mol. The van der Waals surface area contributed by atoms with Crippen LogP contribution in [0, 0.1) is 0 Å². The Morgan fingerprint density at radius 1 is 1.50 bits per heavy atom. The van der Waals surface area contributed by atoms with Gasteiger partial charge in [-0.05, 0) is 24.6 Å². The molecule has 1 aromatic carbocycles. The Bertz CT molecular complexity index is 457. The van der Waals surface area contributed by atoms with E-state index in [1.807, 2.05) is 6.92 Å². The van der Waals surface area contributed by atoms with Crippen LogP contribution >= 0.6 is 11.6 Å². The Morgan fingerprint density at radius 3 is 2.80 bits per heavy atom. The average molecular weight is 308 g/mol. The second kappa shape index (κ2) is 8.01. The van der Waals surface area contributed by atoms with Gasteiger partial charge in [0.25, 0.3) is 5.91 Å². The molecule has 0 aromatic heterocycles. The van der Waals surface area contributed by atoms with Gasteiger partial charge in [0.2, 0.25) is 0 Å². The van der Waals surface area contributed by atoms with Gasteiger partial charge in [-0.25, -0.2) is 0 Å². The third kappa shape index (κ3) is 5.30. The quantitative estimate of drug-likeness (QED) is 0.814. The number of amides is 1. The van der Waals surface area contributed by atoms with Crippen molar-refractivity contribution < 1.29 is 23.4 Å². The van der Waals surface area contributed by atoms with Crippen molar-refractivity contribution in [1.29, 1.82) is 0 Å². The zero-order valence-corrected chi connectivity index (χ0v) is 11.7. The fourth-order valence-electron chi connectivity index (χ4n) is 1.62. The number of hydrogen-bond donors (Lipinski definition) is 2. The molecule has 2 N–H and O–H groups in total. The molecule has 4 nitrogen and oxygen atoms in total. The van der Waals surface area contributed by atoms with E-state index in [-0.39, 0.29) is 22.9 Å². The van der Waals surface area contributed by atoms with Crippen molar-refractivity contribution >= 4 is 17.5 Å². The minimum absolute atomic E-state index is 0.0350. The summed E-state index contributed by atoms with van der Waals surface area (Å²) in [6, 6.07) is 3.79. The van der Waals surface area contributed by atoms with E-state index in [0.717, 1.165) is 6.42 Å². The molecule has 0 aliphatic heterocycles. The lowest BCUT2D eigenvalue weighted by Crippen LogP contribution is -2.32. The monoisotopic (exact) mass is 307 g/mol. The smallest absolute Gasteiger partial charge is 0.387 e. The number of rotatable bonds is 7. The van der Waals surface area contributed by atoms with Crippen LogP contribution in [0.3, 0.4) is 0 Å². The minimum Gasteiger partial charge on any atom is -0.434 e. The highest BCUT2D eigenvalue weighted by Gasteiger charge is 2.17. The van der Waals surface area contributed by atoms with Crippen LogP contribution < -0.4 is 10.1 Å². The van der Waals surface area contributed by atoms with E-state index in [1.165, 1.54) is 18.2 Å². The van der Waals surface area contributed by atoms with Gasteiger partial charge in [-0.15, -0.1) is 0 Å². The number of nitrogens with one attached hydrogen (secondary N) is 1. The summed E-state index contributed by atoms with van der Waals surface area (Å²) in [6.07, 6.45) is 0.632. The molecular formula is C13H16ClF2NO3. The number of hydrogen-bond acceptors (Lipinski definition) is 3. The molecule has 1 rings (SSSR count). The number of alkyl halides is 2. The molecule has 20 heavy (non-hydrogen) atoms. The number of halogens is 3. The van der Waals surface area contributed by atoms with E-state index in [2.05, 4.69) is 10.1 Å². The van der Waals surface area contributed by atoms with Gasteiger partial charge in [-0.1, -0.05) is 24.9 Å². The molecule has 0 heterocycles. The Balaban J connectivity index is 2.77. The molecule has 0 saturated carbocycles. The molecule has 1 aromatic rings. The molecule has 0 radical (unpaired) electrons. The van der Waals surface area contributed by atoms with Gasteiger partial charge in [0, 0.05) is 11.6 Å². The van der Waals surface area contributed by atoms with E-state index in [4.69, 9.17) is 11.6 Å². The lowest BCUT2D eigenvalue weighted by molar-refractivity contribution is -0.0501. The van der Waals surface area contributed by atoms with E-state index in [0.29, 0.717) is 6.42 Å². The Morgan fingerprint density at radius 2 is 2.20 bits per heavy atom. The van der Waals surface area contributed by atoms with Crippen molar-refractivity contribution in [2.45, 2.75) is 32.5 Å². The number of aliphatic hydroxyl groups is 1. The first-order valence-electron chi connectivity index (χ1n) is 6.14. The first-order chi connectivity index (χ1) is 9.43. The molecule has 1 amide bonds. The third-order valence-electron chi connectivity index (χ3n) is 2.52. The van der Waals surface area contributed by atoms with Gasteiger partial charge in [-0.3, -0.25) is 4.79 Å². The summed E-state index contributed by atoms with van der Waals surface area (Å²) >= 11 is 5.74. The van der Waals surface area contributed by atoms with Crippen molar-refractivity contribution in [3.63, 3.8) is 0 Å². The predicted molar refractivity (Wildman–Crippen MR) is 71.3 cm³/mol. The molecule has 0 aliphatic carbocycles. The average Bonchev–Trinajstić information content (AvgIpc) is 2.38. The standard InChI is InChI=1S/C13H16ClF2NO3/c1-2-3-9(18)7-17-12(19)10-6-8(14)4-5-11(10)20-13(15)16/h4-6,9,13,18H,2-3,7H2,1H3,(H,17,19). The van der Waals surface area contributed by atoms with Crippen LogP contribution in [0.5, 0.6) is 5.75 Å². The Hall–Kier alpha value is -1.40. The summed E-state index contributed by atoms with van der Waals surface area (Å²) in [5.41, 5.74) is -0.0958. The second-order valence-electron chi connectivity index (χ2n) is 4.17. The molecule has 0 fully saturated rings. The molecule has 0 spiro atoms. The largest absolute Gasteiger partial charge is 0.434 e. The SMILES string of the molecule is CCCC(O)CNC(=O)c1cc(Cl)ccc1OC(F)F. The summed E-state index contributed by atoms with van der Waals surface area (Å²) in [5.74, 6) is -0.884. The van der Waals surface area contributed by atoms with E-state index in [9.17, 15) is 18.7 Å². The van der Waals surface area contributed by atoms with Crippen molar-refractivity contribution in [3.8, 4) is 5.75 Å². The van der Waals surface area contributed by atoms with Crippen molar-refractivity contribution in [2.24, 2.45) is 0 Å². The van der Waals surface area contributed by atoms with Crippen LogP contribution in [0.1, 0.15) is 30.1 Å². The van der Waals surface area contributed by atoms with Crippen molar-refractivity contribution in [2.75, 3.05) is 6.54 Å². The summed E-state index contributed by atoms with van der Waals surface area (Å²) in [4.78, 5) is 11.9. The predicted octanol–water partition coefficient (Wildman–Crippen LogP) is 2.83. The first kappa shape index (κ1) is 16.7. The van der Waals surface area contributed by atoms with E-state index < -0.39 is 18.6 Å². The zero-order valence-electron chi connectivity index (χ0n) is 10.9. The number of ether oxygens (including phenoxy) is 1. The van der Waals surface area contributed by atoms with Crippen LogP contribution in [0.15, 0.2) is 18.2 Å². The van der Waals surface area contributed by atoms with Crippen molar-refractivity contribution in [3.05, 3.63) is 28.8 Å². The first-order valence-corrected chi connectivity index (χ1v) is 6.52. The number of aliphatic hydroxyl groups excluding tert-OH is 1. The maximum absolute atomic E-state index is 12.3. The summed E-state index contributed by atoms with van der Waals surface area (Å²) < 4.78 is 28.8. The second-order valence-corrected chi connectivity index (χ2v) is 4.61. The lowest BCUT2D eigenvalue weighted by Gasteiger charge is -2.13. The fraction of sp³-hybridized carbons (Fsp3) is 0.462. The number of carbonyl (C=O) groups excluding carboxylic acids is 1. The van der Waals surface area contributed by atoms with Crippen molar-refractivity contribution in [1.82, 2.24) is 5.32 Å². The van der Waals surface area contributed by atoms with Crippen LogP contribution in [0.2, 0.25) is 5.02 Å². The Kier molecular flexibility index (Phi) is 6.67. The highest BCUT2D eigenvalue weighted by Crippen LogP contribution is 2.24. The van der Waals surface area contributed by atoms with Crippen LogP contribution in [0.25, 0.3) is 0 Å². The van der Waals surface area contributed by atoms with Gasteiger partial charge < -0.3 is 15.2 Å². The van der Waals surface area contributed by atoms with Gasteiger partial charge in [0.1, 0.15) is 5.75 Å². The maximum atomic E-state index is 12.3. The summed E-state index contributed by atoms with van der Waals surface area (Å²) in [6.45, 7) is -1.10. The van der Waals surface area contributed by atoms with E-state index >= 15 is 0 Å². The highest BCUT2D eigenvalue weighted by atomic mass is 35.5. The number of benzene rings is 1. The molecule has 112 valence electrons. The molecule has 0 aliphatic rings. The molecule has 1 atom stereocenters.